The first kappa shape index (κ1) is 22.9. The number of nitrogens with zero attached hydrogens (tertiary/aromatic N) is 4. The number of carbonyl (C=O) groups excluding carboxylic acids is 1. The van der Waals surface area contributed by atoms with Crippen molar-refractivity contribution in [2.24, 2.45) is 11.3 Å². The second-order valence-corrected chi connectivity index (χ2v) is 8.97. The average molecular weight is 476 g/mol. The van der Waals surface area contributed by atoms with Gasteiger partial charge in [0, 0.05) is 23.5 Å². The smallest absolute Gasteiger partial charge is 0.303 e. The van der Waals surface area contributed by atoms with Crippen LogP contribution in [0, 0.1) is 32.8 Å². The molecule has 1 aliphatic heterocycles. The Balaban J connectivity index is 1.79. The lowest BCUT2D eigenvalue weighted by atomic mass is 9.74. The number of allylic oxidation sites excluding steroid dienone is 3. The van der Waals surface area contributed by atoms with Gasteiger partial charge in [-0.2, -0.15) is 18.4 Å². The minimum atomic E-state index is -4.70. The Labute approximate surface area is 192 Å². The number of alkyl halides is 3. The van der Waals surface area contributed by atoms with Gasteiger partial charge in [-0.1, -0.05) is 18.9 Å². The fourth-order valence-electron chi connectivity index (χ4n) is 4.83. The summed E-state index contributed by atoms with van der Waals surface area (Å²) in [5.41, 5.74) is -2.58. The highest BCUT2D eigenvalue weighted by Crippen LogP contribution is 2.49. The average Bonchev–Trinajstić information content (AvgIpc) is 3.32. The third kappa shape index (κ3) is 3.49. The van der Waals surface area contributed by atoms with Crippen molar-refractivity contribution in [1.29, 1.82) is 5.26 Å². The minimum absolute atomic E-state index is 0.00754. The molecule has 2 fully saturated rings. The van der Waals surface area contributed by atoms with Gasteiger partial charge in [0.15, 0.2) is 5.11 Å². The molecule has 1 spiro atoms. The van der Waals surface area contributed by atoms with E-state index in [1.807, 2.05) is 0 Å². The lowest BCUT2D eigenvalue weighted by Crippen LogP contribution is -2.47. The number of halogens is 3. The van der Waals surface area contributed by atoms with E-state index >= 15 is 0 Å². The van der Waals surface area contributed by atoms with E-state index in [0.717, 1.165) is 29.9 Å². The third-order valence-corrected chi connectivity index (χ3v) is 6.96. The summed E-state index contributed by atoms with van der Waals surface area (Å²) in [6.45, 7) is 1.20. The Morgan fingerprint density at radius 3 is 2.36 bits per heavy atom. The number of amides is 1. The molecule has 1 saturated heterocycles. The molecule has 1 aromatic rings. The van der Waals surface area contributed by atoms with Gasteiger partial charge >= 0.3 is 6.18 Å². The molecule has 7 nitrogen and oxygen atoms in total. The molecule has 1 heterocycles. The molecule has 0 bridgehead atoms. The van der Waals surface area contributed by atoms with E-state index in [1.165, 1.54) is 37.3 Å². The molecule has 0 radical (unpaired) electrons. The van der Waals surface area contributed by atoms with Crippen LogP contribution < -0.4 is 4.90 Å². The van der Waals surface area contributed by atoms with Crippen LogP contribution in [0.3, 0.4) is 0 Å². The fraction of sp³-hybridized carbons (Fsp3) is 0.409. The summed E-state index contributed by atoms with van der Waals surface area (Å²) in [5.74, 6) is -2.54. The van der Waals surface area contributed by atoms with Gasteiger partial charge in [0.25, 0.3) is 11.6 Å². The van der Waals surface area contributed by atoms with Crippen molar-refractivity contribution in [1.82, 2.24) is 4.90 Å². The van der Waals surface area contributed by atoms with Crippen LogP contribution >= 0.6 is 12.2 Å². The molecule has 1 aromatic carbocycles. The van der Waals surface area contributed by atoms with Gasteiger partial charge in [-0.15, -0.1) is 0 Å². The van der Waals surface area contributed by atoms with E-state index in [4.69, 9.17) is 12.2 Å². The van der Waals surface area contributed by atoms with Crippen LogP contribution in [0.2, 0.25) is 0 Å². The number of hydrogen-bond acceptors (Lipinski definition) is 5. The molecule has 11 heteroatoms. The van der Waals surface area contributed by atoms with Crippen molar-refractivity contribution in [3.63, 3.8) is 0 Å². The molecular formula is C22H19F3N4O3S. The monoisotopic (exact) mass is 476 g/mol. The Morgan fingerprint density at radius 1 is 1.24 bits per heavy atom. The maximum Gasteiger partial charge on any atom is 0.397 e. The predicted octanol–water partition coefficient (Wildman–Crippen LogP) is 5.00. The number of thiocarbonyl (C=S) groups is 1. The molecule has 2 atom stereocenters. The normalized spacial score (nSPS) is 26.6. The summed E-state index contributed by atoms with van der Waals surface area (Å²) in [7, 11) is 0. The van der Waals surface area contributed by atoms with Crippen molar-refractivity contribution in [2.75, 3.05) is 4.90 Å². The molecule has 1 saturated carbocycles. The van der Waals surface area contributed by atoms with Crippen LogP contribution in [0.15, 0.2) is 48.2 Å². The van der Waals surface area contributed by atoms with Gasteiger partial charge in [-0.25, -0.2) is 0 Å². The summed E-state index contributed by atoms with van der Waals surface area (Å²) >= 11 is 5.59. The van der Waals surface area contributed by atoms with Crippen LogP contribution in [0.4, 0.5) is 24.5 Å². The van der Waals surface area contributed by atoms with Gasteiger partial charge in [0.1, 0.15) is 5.54 Å². The van der Waals surface area contributed by atoms with E-state index in [-0.39, 0.29) is 16.5 Å². The maximum atomic E-state index is 13.8. The third-order valence-electron chi connectivity index (χ3n) is 6.60. The summed E-state index contributed by atoms with van der Waals surface area (Å²) in [4.78, 5) is 26.8. The van der Waals surface area contributed by atoms with E-state index < -0.39 is 33.9 Å². The molecule has 0 aromatic heterocycles. The van der Waals surface area contributed by atoms with Crippen LogP contribution in [0.25, 0.3) is 0 Å². The Kier molecular flexibility index (Phi) is 5.32. The first-order valence-corrected chi connectivity index (χ1v) is 10.7. The summed E-state index contributed by atoms with van der Waals surface area (Å²) in [5, 5.41) is 20.4. The molecule has 0 N–H and O–H groups in total. The van der Waals surface area contributed by atoms with Crippen molar-refractivity contribution < 1.29 is 22.9 Å². The number of non-ortho nitro benzene ring substituents is 1. The molecule has 2 unspecified atom stereocenters. The van der Waals surface area contributed by atoms with Gasteiger partial charge in [-0.05, 0) is 56.3 Å². The number of hydrogen-bond donors (Lipinski definition) is 0. The SMILES string of the molecule is CC1(C#N)C=CC(N2C(=O)C3(CCCC3)N(c3ccc([N+](=O)[O-])cc3)C2=S)=CC1C(F)(F)F. The zero-order valence-electron chi connectivity index (χ0n) is 17.5. The van der Waals surface area contributed by atoms with E-state index in [2.05, 4.69) is 0 Å². The molecule has 172 valence electrons. The highest BCUT2D eigenvalue weighted by atomic mass is 32.1. The van der Waals surface area contributed by atoms with Crippen molar-refractivity contribution >= 4 is 34.6 Å². The number of nitriles is 1. The van der Waals surface area contributed by atoms with Crippen molar-refractivity contribution in [3.8, 4) is 6.07 Å². The lowest BCUT2D eigenvalue weighted by Gasteiger charge is -2.33. The largest absolute Gasteiger partial charge is 0.397 e. The van der Waals surface area contributed by atoms with Gasteiger partial charge in [0.05, 0.1) is 22.3 Å². The first-order chi connectivity index (χ1) is 15.4. The van der Waals surface area contributed by atoms with Crippen molar-refractivity contribution in [3.05, 3.63) is 58.3 Å². The molecule has 4 rings (SSSR count). The zero-order valence-corrected chi connectivity index (χ0v) is 18.3. The van der Waals surface area contributed by atoms with Gasteiger partial charge in [0.2, 0.25) is 0 Å². The molecule has 3 aliphatic rings. The van der Waals surface area contributed by atoms with Gasteiger partial charge < -0.3 is 4.90 Å². The summed E-state index contributed by atoms with van der Waals surface area (Å²) in [6, 6.07) is 7.28. The topological polar surface area (TPSA) is 90.5 Å². The number of anilines is 1. The Hall–Kier alpha value is -3.26. The highest BCUT2D eigenvalue weighted by Gasteiger charge is 2.59. The summed E-state index contributed by atoms with van der Waals surface area (Å²) < 4.78 is 41.4. The molecule has 33 heavy (non-hydrogen) atoms. The first-order valence-electron chi connectivity index (χ1n) is 10.3. The van der Waals surface area contributed by atoms with Crippen LogP contribution in [0.1, 0.15) is 32.6 Å². The van der Waals surface area contributed by atoms with Gasteiger partial charge in [-0.3, -0.25) is 19.8 Å². The molecule has 2 aliphatic carbocycles. The number of nitro benzene ring substituents is 1. The van der Waals surface area contributed by atoms with E-state index in [0.29, 0.717) is 18.5 Å². The van der Waals surface area contributed by atoms with Crippen molar-refractivity contribution in [2.45, 2.75) is 44.3 Å². The molecule has 1 amide bonds. The fourth-order valence-corrected chi connectivity index (χ4v) is 5.30. The quantitative estimate of drug-likeness (QED) is 0.346. The van der Waals surface area contributed by atoms with Crippen LogP contribution in [-0.2, 0) is 4.79 Å². The molecular weight excluding hydrogens is 457 g/mol. The minimum Gasteiger partial charge on any atom is -0.303 e. The number of benzene rings is 1. The second-order valence-electron chi connectivity index (χ2n) is 8.61. The lowest BCUT2D eigenvalue weighted by molar-refractivity contribution is -0.384. The van der Waals surface area contributed by atoms with Crippen LogP contribution in [-0.4, -0.2) is 32.6 Å². The highest BCUT2D eigenvalue weighted by molar-refractivity contribution is 7.80. The number of nitro groups is 1. The summed E-state index contributed by atoms with van der Waals surface area (Å²) in [6.07, 6.45) is 1.05. The predicted molar refractivity (Wildman–Crippen MR) is 117 cm³/mol. The van der Waals surface area contributed by atoms with E-state index in [1.54, 1.807) is 11.0 Å². The second kappa shape index (κ2) is 7.66. The Bertz CT molecular complexity index is 1130. The van der Waals surface area contributed by atoms with Crippen LogP contribution in [0.5, 0.6) is 0 Å². The standard InChI is InChI=1S/C22H19F3N4O3S/c1-20(13-26)11-8-16(12-17(20)22(23,24)25)27-18(30)21(9-2-3-10-21)28(19(27)33)14-4-6-15(7-5-14)29(31)32/h4-8,11-12,17H,2-3,9-10H2,1H3. The van der Waals surface area contributed by atoms with E-state index in [9.17, 15) is 33.3 Å². The number of carbonyl (C=O) groups is 1. The Morgan fingerprint density at radius 2 is 1.85 bits per heavy atom. The number of rotatable bonds is 3. The zero-order chi connectivity index (χ0) is 24.2. The maximum absolute atomic E-state index is 13.8.